The van der Waals surface area contributed by atoms with Gasteiger partial charge in [-0.1, -0.05) is 35.9 Å². The van der Waals surface area contributed by atoms with E-state index in [0.717, 1.165) is 11.3 Å². The summed E-state index contributed by atoms with van der Waals surface area (Å²) in [6.45, 7) is 1.92. The van der Waals surface area contributed by atoms with Crippen LogP contribution in [0.3, 0.4) is 0 Å². The van der Waals surface area contributed by atoms with Gasteiger partial charge in [0.2, 0.25) is 6.19 Å². The molecule has 100 valence electrons. The van der Waals surface area contributed by atoms with E-state index >= 15 is 0 Å². The lowest BCUT2D eigenvalue weighted by Crippen LogP contribution is -2.19. The molecule has 5 heteroatoms. The van der Waals surface area contributed by atoms with Crippen LogP contribution in [0, 0.1) is 18.4 Å². The van der Waals surface area contributed by atoms with Crippen molar-refractivity contribution in [3.8, 4) is 11.9 Å². The summed E-state index contributed by atoms with van der Waals surface area (Å²) in [5.74, 6) is 0.591. The number of anilines is 1. The predicted octanol–water partition coefficient (Wildman–Crippen LogP) is 3.98. The molecule has 2 aromatic carbocycles. The van der Waals surface area contributed by atoms with Crippen LogP contribution in [0.1, 0.15) is 5.56 Å². The standard InChI is InChI=1S/C15H12ClN3O/c1-11-7-8-12(16)9-14(11)19-15(18-10-17)20-13-5-3-2-4-6-13/h2-9H,1H3,(H,18,19). The summed E-state index contributed by atoms with van der Waals surface area (Å²) >= 11 is 5.95. The quantitative estimate of drug-likeness (QED) is 0.516. The molecule has 0 unspecified atom stereocenters. The minimum absolute atomic E-state index is 0.101. The highest BCUT2D eigenvalue weighted by Gasteiger charge is 2.06. The van der Waals surface area contributed by atoms with Crippen molar-refractivity contribution in [2.75, 3.05) is 5.32 Å². The van der Waals surface area contributed by atoms with E-state index in [1.807, 2.05) is 31.2 Å². The Morgan fingerprint density at radius 3 is 2.70 bits per heavy atom. The zero-order valence-electron chi connectivity index (χ0n) is 10.8. The SMILES string of the molecule is Cc1ccc(Cl)cc1N/C(=N/C#N)Oc1ccccc1. The van der Waals surface area contributed by atoms with Gasteiger partial charge in [0.1, 0.15) is 5.75 Å². The Morgan fingerprint density at radius 1 is 1.25 bits per heavy atom. The van der Waals surface area contributed by atoms with Crippen LogP contribution in [-0.4, -0.2) is 6.02 Å². The number of amidine groups is 1. The lowest BCUT2D eigenvalue weighted by molar-refractivity contribution is 0.549. The molecule has 0 spiro atoms. The van der Waals surface area contributed by atoms with Gasteiger partial charge in [0, 0.05) is 10.7 Å². The largest absolute Gasteiger partial charge is 0.425 e. The van der Waals surface area contributed by atoms with Crippen LogP contribution in [-0.2, 0) is 0 Å². The molecule has 0 aromatic heterocycles. The van der Waals surface area contributed by atoms with E-state index < -0.39 is 0 Å². The number of rotatable bonds is 2. The molecule has 0 saturated carbocycles. The summed E-state index contributed by atoms with van der Waals surface area (Å²) in [5, 5.41) is 12.3. The van der Waals surface area contributed by atoms with Crippen molar-refractivity contribution in [3.63, 3.8) is 0 Å². The van der Waals surface area contributed by atoms with E-state index in [2.05, 4.69) is 10.3 Å². The number of hydrogen-bond donors (Lipinski definition) is 1. The number of nitrogens with one attached hydrogen (secondary N) is 1. The van der Waals surface area contributed by atoms with Gasteiger partial charge in [0.15, 0.2) is 0 Å². The molecule has 0 aliphatic carbocycles. The minimum atomic E-state index is 0.101. The van der Waals surface area contributed by atoms with Crippen LogP contribution >= 0.6 is 11.6 Å². The molecule has 20 heavy (non-hydrogen) atoms. The molecule has 0 radical (unpaired) electrons. The second-order valence-electron chi connectivity index (χ2n) is 4.02. The highest BCUT2D eigenvalue weighted by atomic mass is 35.5. The fraction of sp³-hybridized carbons (Fsp3) is 0.0667. The van der Waals surface area contributed by atoms with Crippen LogP contribution in [0.25, 0.3) is 0 Å². The molecule has 0 aliphatic rings. The highest BCUT2D eigenvalue weighted by Crippen LogP contribution is 2.20. The van der Waals surface area contributed by atoms with E-state index in [1.165, 1.54) is 0 Å². The third-order valence-corrected chi connectivity index (χ3v) is 2.79. The van der Waals surface area contributed by atoms with Crippen molar-refractivity contribution in [2.45, 2.75) is 6.92 Å². The molecular weight excluding hydrogens is 274 g/mol. The molecule has 1 N–H and O–H groups in total. The van der Waals surface area contributed by atoms with E-state index in [1.54, 1.807) is 30.5 Å². The molecule has 0 amide bonds. The molecule has 2 aromatic rings. The van der Waals surface area contributed by atoms with Gasteiger partial charge in [-0.2, -0.15) is 5.26 Å². The van der Waals surface area contributed by atoms with Crippen LogP contribution in [0.5, 0.6) is 5.75 Å². The van der Waals surface area contributed by atoms with Crippen LogP contribution in [0.4, 0.5) is 5.69 Å². The first kappa shape index (κ1) is 13.9. The summed E-state index contributed by atoms with van der Waals surface area (Å²) in [4.78, 5) is 3.63. The molecule has 0 aliphatic heterocycles. The molecule has 0 fully saturated rings. The second kappa shape index (κ2) is 6.60. The Bertz CT molecular complexity index is 663. The number of aryl methyl sites for hydroxylation is 1. The van der Waals surface area contributed by atoms with Crippen molar-refractivity contribution in [1.82, 2.24) is 0 Å². The average molecular weight is 286 g/mol. The summed E-state index contributed by atoms with van der Waals surface area (Å²) in [7, 11) is 0. The third-order valence-electron chi connectivity index (χ3n) is 2.55. The Labute approximate surface area is 122 Å². The second-order valence-corrected chi connectivity index (χ2v) is 4.45. The normalized spacial score (nSPS) is 10.8. The van der Waals surface area contributed by atoms with Crippen molar-refractivity contribution in [2.24, 2.45) is 4.99 Å². The average Bonchev–Trinajstić information content (AvgIpc) is 2.44. The molecular formula is C15H12ClN3O. The summed E-state index contributed by atoms with van der Waals surface area (Å²) in [5.41, 5.74) is 1.71. The maximum atomic E-state index is 8.73. The number of ether oxygens (including phenoxy) is 1. The highest BCUT2D eigenvalue weighted by molar-refractivity contribution is 6.31. The Morgan fingerprint density at radius 2 is 2.00 bits per heavy atom. The van der Waals surface area contributed by atoms with Crippen molar-refractivity contribution >= 4 is 23.3 Å². The smallest absolute Gasteiger partial charge is 0.310 e. The van der Waals surface area contributed by atoms with E-state index in [4.69, 9.17) is 21.6 Å². The number of nitrogens with zero attached hydrogens (tertiary/aromatic N) is 2. The Hall–Kier alpha value is -2.51. The van der Waals surface area contributed by atoms with Gasteiger partial charge in [-0.05, 0) is 36.8 Å². The maximum absolute atomic E-state index is 8.73. The van der Waals surface area contributed by atoms with Gasteiger partial charge in [-0.25, -0.2) is 0 Å². The number of para-hydroxylation sites is 1. The summed E-state index contributed by atoms with van der Waals surface area (Å²) in [6.07, 6.45) is 1.71. The van der Waals surface area contributed by atoms with Gasteiger partial charge >= 0.3 is 6.02 Å². The van der Waals surface area contributed by atoms with Gasteiger partial charge in [-0.3, -0.25) is 0 Å². The maximum Gasteiger partial charge on any atom is 0.310 e. The fourth-order valence-corrected chi connectivity index (χ4v) is 1.74. The van der Waals surface area contributed by atoms with Crippen LogP contribution in [0.2, 0.25) is 5.02 Å². The number of benzene rings is 2. The monoisotopic (exact) mass is 285 g/mol. The van der Waals surface area contributed by atoms with Gasteiger partial charge in [-0.15, -0.1) is 4.99 Å². The zero-order valence-corrected chi connectivity index (χ0v) is 11.6. The van der Waals surface area contributed by atoms with Crippen molar-refractivity contribution < 1.29 is 4.74 Å². The third kappa shape index (κ3) is 3.74. The van der Waals surface area contributed by atoms with Gasteiger partial charge in [0.25, 0.3) is 0 Å². The lowest BCUT2D eigenvalue weighted by Gasteiger charge is -2.12. The first-order chi connectivity index (χ1) is 9.69. The summed E-state index contributed by atoms with van der Waals surface area (Å²) in [6, 6.07) is 14.6. The van der Waals surface area contributed by atoms with Crippen molar-refractivity contribution in [1.29, 1.82) is 5.26 Å². The summed E-state index contributed by atoms with van der Waals surface area (Å²) < 4.78 is 5.53. The van der Waals surface area contributed by atoms with Crippen molar-refractivity contribution in [3.05, 3.63) is 59.1 Å². The van der Waals surface area contributed by atoms with E-state index in [0.29, 0.717) is 10.8 Å². The molecule has 0 saturated heterocycles. The Kier molecular flexibility index (Phi) is 4.59. The number of halogens is 1. The predicted molar refractivity (Wildman–Crippen MR) is 79.9 cm³/mol. The lowest BCUT2D eigenvalue weighted by atomic mass is 10.2. The zero-order chi connectivity index (χ0) is 14.4. The minimum Gasteiger partial charge on any atom is -0.425 e. The number of hydrogen-bond acceptors (Lipinski definition) is 3. The molecule has 4 nitrogen and oxygen atoms in total. The van der Waals surface area contributed by atoms with Crippen LogP contribution in [0.15, 0.2) is 53.5 Å². The molecule has 2 rings (SSSR count). The van der Waals surface area contributed by atoms with E-state index in [-0.39, 0.29) is 6.02 Å². The fourth-order valence-electron chi connectivity index (χ4n) is 1.57. The van der Waals surface area contributed by atoms with E-state index in [9.17, 15) is 0 Å². The first-order valence-electron chi connectivity index (χ1n) is 5.92. The van der Waals surface area contributed by atoms with Gasteiger partial charge in [0.05, 0.1) is 0 Å². The molecule has 0 atom stereocenters. The molecule has 0 heterocycles. The Balaban J connectivity index is 2.21. The van der Waals surface area contributed by atoms with Crippen LogP contribution < -0.4 is 10.1 Å². The molecule has 0 bridgehead atoms. The number of nitriles is 1. The first-order valence-corrected chi connectivity index (χ1v) is 6.29. The number of aliphatic imine (C=N–C) groups is 1. The van der Waals surface area contributed by atoms with Gasteiger partial charge < -0.3 is 10.1 Å². The topological polar surface area (TPSA) is 57.4 Å².